The van der Waals surface area contributed by atoms with Crippen LogP contribution in [0.2, 0.25) is 0 Å². The number of hydrogen-bond acceptors (Lipinski definition) is 5. The number of aromatic nitrogens is 3. The SMILES string of the molecule is CN=C(NCCCOCC(C)C)NCc1nc(-c2ccc(OC)cc2)n[nH]1.I. The fraction of sp³-hybridized carbons (Fsp3) is 0.526. The molecule has 2 rings (SSSR count). The van der Waals surface area contributed by atoms with Crippen molar-refractivity contribution in [2.24, 2.45) is 10.9 Å². The van der Waals surface area contributed by atoms with Gasteiger partial charge in [-0.2, -0.15) is 5.10 Å². The standard InChI is InChI=1S/C19H30N6O2.HI/c1-14(2)13-27-11-5-10-21-19(20-3)22-12-17-23-18(25-24-17)15-6-8-16(26-4)9-7-15;/h6-9,14H,5,10-13H2,1-4H3,(H2,20,21,22)(H,23,24,25);1H. The molecule has 0 aliphatic rings. The van der Waals surface area contributed by atoms with Gasteiger partial charge in [-0.05, 0) is 36.6 Å². The summed E-state index contributed by atoms with van der Waals surface area (Å²) in [6, 6.07) is 7.64. The van der Waals surface area contributed by atoms with E-state index in [1.54, 1.807) is 14.2 Å². The van der Waals surface area contributed by atoms with Crippen LogP contribution in [0.25, 0.3) is 11.4 Å². The number of nitrogens with one attached hydrogen (secondary N) is 3. The highest BCUT2D eigenvalue weighted by Gasteiger charge is 2.07. The maximum atomic E-state index is 5.57. The van der Waals surface area contributed by atoms with Gasteiger partial charge in [0.25, 0.3) is 0 Å². The largest absolute Gasteiger partial charge is 0.497 e. The van der Waals surface area contributed by atoms with Gasteiger partial charge in [0.15, 0.2) is 11.8 Å². The van der Waals surface area contributed by atoms with Crippen LogP contribution in [0, 0.1) is 5.92 Å². The Hall–Kier alpha value is -1.88. The van der Waals surface area contributed by atoms with Gasteiger partial charge in [0.1, 0.15) is 11.6 Å². The maximum absolute atomic E-state index is 5.57. The zero-order chi connectivity index (χ0) is 19.5. The normalized spacial score (nSPS) is 11.2. The first-order valence-corrected chi connectivity index (χ1v) is 9.20. The van der Waals surface area contributed by atoms with E-state index in [1.807, 2.05) is 24.3 Å². The van der Waals surface area contributed by atoms with Gasteiger partial charge in [-0.3, -0.25) is 10.1 Å². The van der Waals surface area contributed by atoms with E-state index in [1.165, 1.54) is 0 Å². The molecule has 0 atom stereocenters. The van der Waals surface area contributed by atoms with Gasteiger partial charge >= 0.3 is 0 Å². The molecule has 0 amide bonds. The average molecular weight is 502 g/mol. The van der Waals surface area contributed by atoms with Crippen molar-refractivity contribution in [1.29, 1.82) is 0 Å². The number of aromatic amines is 1. The number of ether oxygens (including phenoxy) is 2. The summed E-state index contributed by atoms with van der Waals surface area (Å²) in [4.78, 5) is 8.72. The fourth-order valence-corrected chi connectivity index (χ4v) is 2.33. The summed E-state index contributed by atoms with van der Waals surface area (Å²) < 4.78 is 10.7. The Labute approximate surface area is 183 Å². The predicted octanol–water partition coefficient (Wildman–Crippen LogP) is 2.83. The molecule has 1 heterocycles. The van der Waals surface area contributed by atoms with E-state index in [2.05, 4.69) is 44.7 Å². The van der Waals surface area contributed by atoms with Crippen molar-refractivity contribution in [2.45, 2.75) is 26.8 Å². The second-order valence-electron chi connectivity index (χ2n) is 6.51. The smallest absolute Gasteiger partial charge is 0.191 e. The molecular weight excluding hydrogens is 471 g/mol. The van der Waals surface area contributed by atoms with Gasteiger partial charge < -0.3 is 20.1 Å². The zero-order valence-corrected chi connectivity index (χ0v) is 19.3. The van der Waals surface area contributed by atoms with Crippen molar-refractivity contribution in [2.75, 3.05) is 33.9 Å². The summed E-state index contributed by atoms with van der Waals surface area (Å²) in [5.41, 5.74) is 0.933. The Morgan fingerprint density at radius 2 is 1.96 bits per heavy atom. The van der Waals surface area contributed by atoms with E-state index in [9.17, 15) is 0 Å². The monoisotopic (exact) mass is 502 g/mol. The van der Waals surface area contributed by atoms with Crippen LogP contribution in [0.4, 0.5) is 0 Å². The lowest BCUT2D eigenvalue weighted by atomic mass is 10.2. The second-order valence-corrected chi connectivity index (χ2v) is 6.51. The zero-order valence-electron chi connectivity index (χ0n) is 17.0. The van der Waals surface area contributed by atoms with Crippen molar-refractivity contribution in [1.82, 2.24) is 25.8 Å². The van der Waals surface area contributed by atoms with E-state index in [-0.39, 0.29) is 24.0 Å². The minimum Gasteiger partial charge on any atom is -0.497 e. The Morgan fingerprint density at radius 3 is 2.61 bits per heavy atom. The Kier molecular flexibility index (Phi) is 11.5. The van der Waals surface area contributed by atoms with Crippen molar-refractivity contribution in [3.8, 4) is 17.1 Å². The molecule has 0 aliphatic heterocycles. The highest BCUT2D eigenvalue weighted by Crippen LogP contribution is 2.18. The lowest BCUT2D eigenvalue weighted by molar-refractivity contribution is 0.108. The number of hydrogen-bond donors (Lipinski definition) is 3. The van der Waals surface area contributed by atoms with E-state index < -0.39 is 0 Å². The van der Waals surface area contributed by atoms with Crippen LogP contribution in [0.15, 0.2) is 29.3 Å². The molecule has 0 bridgehead atoms. The molecule has 3 N–H and O–H groups in total. The minimum absolute atomic E-state index is 0. The third-order valence-corrected chi connectivity index (χ3v) is 3.74. The molecule has 156 valence electrons. The van der Waals surface area contributed by atoms with Crippen molar-refractivity contribution < 1.29 is 9.47 Å². The summed E-state index contributed by atoms with van der Waals surface area (Å²) in [5.74, 6) is 3.49. The van der Waals surface area contributed by atoms with Gasteiger partial charge in [0.2, 0.25) is 0 Å². The van der Waals surface area contributed by atoms with Crippen LogP contribution in [-0.4, -0.2) is 55.1 Å². The molecule has 8 nitrogen and oxygen atoms in total. The topological polar surface area (TPSA) is 96.5 Å². The molecule has 0 spiro atoms. The van der Waals surface area contributed by atoms with Gasteiger partial charge in [0, 0.05) is 32.4 Å². The van der Waals surface area contributed by atoms with Crippen LogP contribution in [0.5, 0.6) is 5.75 Å². The molecule has 1 aromatic heterocycles. The van der Waals surface area contributed by atoms with E-state index >= 15 is 0 Å². The number of benzene rings is 1. The Balaban J connectivity index is 0.00000392. The molecule has 0 aliphatic carbocycles. The van der Waals surface area contributed by atoms with Gasteiger partial charge in [-0.1, -0.05) is 13.8 Å². The number of halogens is 1. The summed E-state index contributed by atoms with van der Waals surface area (Å²) in [6.07, 6.45) is 0.928. The molecule has 2 aromatic rings. The molecule has 0 unspecified atom stereocenters. The van der Waals surface area contributed by atoms with Crippen LogP contribution in [0.1, 0.15) is 26.1 Å². The molecule has 9 heteroatoms. The maximum Gasteiger partial charge on any atom is 0.191 e. The molecule has 1 aromatic carbocycles. The molecular formula is C19H31IN6O2. The first-order chi connectivity index (χ1) is 13.1. The van der Waals surface area contributed by atoms with E-state index in [4.69, 9.17) is 9.47 Å². The van der Waals surface area contributed by atoms with Crippen LogP contribution >= 0.6 is 24.0 Å². The molecule has 0 fully saturated rings. The van der Waals surface area contributed by atoms with E-state index in [0.717, 1.165) is 49.3 Å². The Bertz CT molecular complexity index is 703. The highest BCUT2D eigenvalue weighted by atomic mass is 127. The Morgan fingerprint density at radius 1 is 1.21 bits per heavy atom. The van der Waals surface area contributed by atoms with Crippen LogP contribution in [-0.2, 0) is 11.3 Å². The summed E-state index contributed by atoms with van der Waals surface area (Å²) in [6.45, 7) is 7.14. The number of rotatable bonds is 10. The quantitative estimate of drug-likeness (QED) is 0.200. The molecule has 0 radical (unpaired) electrons. The third-order valence-electron chi connectivity index (χ3n) is 3.74. The number of guanidine groups is 1. The van der Waals surface area contributed by atoms with Crippen molar-refractivity contribution in [3.63, 3.8) is 0 Å². The lowest BCUT2D eigenvalue weighted by Crippen LogP contribution is -2.37. The number of aliphatic imine (C=N–C) groups is 1. The molecule has 0 saturated carbocycles. The third kappa shape index (κ3) is 8.42. The van der Waals surface area contributed by atoms with Gasteiger partial charge in [-0.15, -0.1) is 24.0 Å². The number of H-pyrrole nitrogens is 1. The average Bonchev–Trinajstić information content (AvgIpc) is 3.15. The first kappa shape index (κ1) is 24.2. The first-order valence-electron chi connectivity index (χ1n) is 9.20. The predicted molar refractivity (Wildman–Crippen MR) is 122 cm³/mol. The lowest BCUT2D eigenvalue weighted by Gasteiger charge is -2.11. The highest BCUT2D eigenvalue weighted by molar-refractivity contribution is 14.0. The van der Waals surface area contributed by atoms with Gasteiger partial charge in [-0.25, -0.2) is 4.98 Å². The van der Waals surface area contributed by atoms with Crippen LogP contribution in [0.3, 0.4) is 0 Å². The molecule has 0 saturated heterocycles. The van der Waals surface area contributed by atoms with E-state index in [0.29, 0.717) is 18.3 Å². The number of methoxy groups -OCH3 is 1. The minimum atomic E-state index is 0. The van der Waals surface area contributed by atoms with Crippen molar-refractivity contribution in [3.05, 3.63) is 30.1 Å². The second kappa shape index (κ2) is 13.3. The fourth-order valence-electron chi connectivity index (χ4n) is 2.33. The van der Waals surface area contributed by atoms with Crippen molar-refractivity contribution >= 4 is 29.9 Å². The summed E-state index contributed by atoms with van der Waals surface area (Å²) in [5, 5.41) is 13.7. The van der Waals surface area contributed by atoms with Crippen LogP contribution < -0.4 is 15.4 Å². The number of nitrogens with zero attached hydrogens (tertiary/aromatic N) is 3. The summed E-state index contributed by atoms with van der Waals surface area (Å²) in [7, 11) is 3.39. The van der Waals surface area contributed by atoms with Gasteiger partial charge in [0.05, 0.1) is 13.7 Å². The summed E-state index contributed by atoms with van der Waals surface area (Å²) >= 11 is 0. The molecule has 28 heavy (non-hydrogen) atoms.